The van der Waals surface area contributed by atoms with Gasteiger partial charge >= 0.3 is 0 Å². The number of aliphatic hydroxyl groups is 1. The largest absolute Gasteiger partial charge is 0.463 e. The summed E-state index contributed by atoms with van der Waals surface area (Å²) in [6.07, 6.45) is 6.09. The number of anilines is 4. The van der Waals surface area contributed by atoms with Crippen molar-refractivity contribution in [3.05, 3.63) is 48.7 Å². The van der Waals surface area contributed by atoms with Gasteiger partial charge in [0.2, 0.25) is 0 Å². The maximum Gasteiger partial charge on any atom is 0.194 e. The van der Waals surface area contributed by atoms with Crippen molar-refractivity contribution in [3.8, 4) is 17.1 Å². The highest BCUT2D eigenvalue weighted by molar-refractivity contribution is 5.75. The Labute approximate surface area is 220 Å². The Morgan fingerprint density at radius 1 is 1.13 bits per heavy atom. The van der Waals surface area contributed by atoms with Crippen LogP contribution in [0.3, 0.4) is 0 Å². The standard InChI is InChI=1S/C26H31N9O3/c1-16-24(27)31-20(12-29-16)21-13-35-6-5-28-26(35)25(32-21)30-18-3-4-22(23(11-18)38-17(2)36)34-9-7-33(8-10-34)19-14-37-15-19/h3-6,11-13,17,19,36H,7-10,14-15H2,1-2H3,(H2,27,31)(H,30,32). The molecule has 4 aromatic rings. The highest BCUT2D eigenvalue weighted by Gasteiger charge is 2.29. The smallest absolute Gasteiger partial charge is 0.194 e. The van der Waals surface area contributed by atoms with Crippen molar-refractivity contribution < 1.29 is 14.6 Å². The Kier molecular flexibility index (Phi) is 6.44. The highest BCUT2D eigenvalue weighted by Crippen LogP contribution is 2.35. The van der Waals surface area contributed by atoms with Crippen LogP contribution in [0, 0.1) is 6.92 Å². The lowest BCUT2D eigenvalue weighted by Crippen LogP contribution is -2.56. The average Bonchev–Trinajstić information content (AvgIpc) is 3.34. The molecule has 0 spiro atoms. The molecule has 1 aromatic carbocycles. The van der Waals surface area contributed by atoms with Gasteiger partial charge in [0.05, 0.1) is 36.8 Å². The van der Waals surface area contributed by atoms with Crippen LogP contribution in [0.5, 0.6) is 5.75 Å². The van der Waals surface area contributed by atoms with Crippen LogP contribution in [-0.4, -0.2) is 86.1 Å². The number of aryl methyl sites for hydroxylation is 1. The fraction of sp³-hybridized carbons (Fsp3) is 0.385. The van der Waals surface area contributed by atoms with E-state index in [0.29, 0.717) is 46.2 Å². The quantitative estimate of drug-likeness (QED) is 0.310. The number of aliphatic hydroxyl groups excluding tert-OH is 1. The van der Waals surface area contributed by atoms with E-state index < -0.39 is 6.29 Å². The van der Waals surface area contributed by atoms with Gasteiger partial charge in [-0.2, -0.15) is 0 Å². The van der Waals surface area contributed by atoms with Gasteiger partial charge in [-0.15, -0.1) is 0 Å². The first-order valence-corrected chi connectivity index (χ1v) is 12.7. The molecule has 2 aliphatic rings. The highest BCUT2D eigenvalue weighted by atomic mass is 16.6. The summed E-state index contributed by atoms with van der Waals surface area (Å²) in [5, 5.41) is 13.4. The summed E-state index contributed by atoms with van der Waals surface area (Å²) in [6, 6.07) is 6.41. The Hall–Kier alpha value is -4.00. The average molecular weight is 518 g/mol. The molecular weight excluding hydrogens is 486 g/mol. The molecule has 2 fully saturated rings. The first-order valence-electron chi connectivity index (χ1n) is 12.7. The molecular formula is C26H31N9O3. The summed E-state index contributed by atoms with van der Waals surface area (Å²) in [6.45, 7) is 8.72. The van der Waals surface area contributed by atoms with Crippen molar-refractivity contribution in [3.63, 3.8) is 0 Å². The van der Waals surface area contributed by atoms with E-state index in [0.717, 1.165) is 50.8 Å². The molecule has 5 heterocycles. The minimum absolute atomic E-state index is 0.363. The molecule has 12 nitrogen and oxygen atoms in total. The van der Waals surface area contributed by atoms with Gasteiger partial charge in [0.25, 0.3) is 0 Å². The first kappa shape index (κ1) is 24.3. The summed E-state index contributed by atoms with van der Waals surface area (Å²) >= 11 is 0. The number of rotatable bonds is 7. The normalized spacial score (nSPS) is 17.4. The van der Waals surface area contributed by atoms with Crippen molar-refractivity contribution in [1.82, 2.24) is 29.2 Å². The van der Waals surface area contributed by atoms with Gasteiger partial charge in [-0.3, -0.25) is 9.88 Å². The lowest BCUT2D eigenvalue weighted by atomic mass is 10.1. The minimum Gasteiger partial charge on any atom is -0.463 e. The molecule has 0 amide bonds. The molecule has 38 heavy (non-hydrogen) atoms. The molecule has 0 radical (unpaired) electrons. The summed E-state index contributed by atoms with van der Waals surface area (Å²) in [5.74, 6) is 1.50. The van der Waals surface area contributed by atoms with Gasteiger partial charge in [-0.1, -0.05) is 0 Å². The topological polar surface area (TPSA) is 139 Å². The third-order valence-corrected chi connectivity index (χ3v) is 6.94. The number of benzene rings is 1. The number of nitrogen functional groups attached to an aromatic ring is 1. The van der Waals surface area contributed by atoms with Crippen LogP contribution < -0.4 is 20.7 Å². The molecule has 0 saturated carbocycles. The molecule has 12 heteroatoms. The van der Waals surface area contributed by atoms with Crippen LogP contribution in [0.15, 0.2) is 43.0 Å². The Morgan fingerprint density at radius 2 is 1.95 bits per heavy atom. The fourth-order valence-corrected chi connectivity index (χ4v) is 4.76. The van der Waals surface area contributed by atoms with Gasteiger partial charge in [-0.05, 0) is 26.0 Å². The van der Waals surface area contributed by atoms with Crippen molar-refractivity contribution in [2.75, 3.05) is 55.3 Å². The number of nitrogens with one attached hydrogen (secondary N) is 1. The monoisotopic (exact) mass is 517 g/mol. The Morgan fingerprint density at radius 3 is 2.66 bits per heavy atom. The fourth-order valence-electron chi connectivity index (χ4n) is 4.76. The van der Waals surface area contributed by atoms with Gasteiger partial charge in [0.15, 0.2) is 17.8 Å². The number of aromatic nitrogens is 5. The third-order valence-electron chi connectivity index (χ3n) is 6.94. The first-order chi connectivity index (χ1) is 18.4. The number of nitrogens with two attached hydrogens (primary N) is 1. The van der Waals surface area contributed by atoms with Crippen molar-refractivity contribution >= 4 is 28.7 Å². The number of piperazine rings is 1. The SMILES string of the molecule is Cc1ncc(-c2cn3ccnc3c(Nc3ccc(N4CCN(C5COC5)CC4)c(OC(C)O)c3)n2)nc1N. The van der Waals surface area contributed by atoms with Crippen molar-refractivity contribution in [2.45, 2.75) is 26.2 Å². The van der Waals surface area contributed by atoms with E-state index in [2.05, 4.69) is 30.1 Å². The van der Waals surface area contributed by atoms with E-state index in [1.165, 1.54) is 0 Å². The lowest BCUT2D eigenvalue weighted by molar-refractivity contribution is -0.0661. The number of fused-ring (bicyclic) bond motifs is 1. The summed E-state index contributed by atoms with van der Waals surface area (Å²) in [7, 11) is 0. The second-order valence-electron chi connectivity index (χ2n) is 9.60. The molecule has 0 aliphatic carbocycles. The molecule has 4 N–H and O–H groups in total. The number of imidazole rings is 1. The van der Waals surface area contributed by atoms with E-state index >= 15 is 0 Å². The lowest BCUT2D eigenvalue weighted by Gasteiger charge is -2.43. The van der Waals surface area contributed by atoms with Crippen LogP contribution in [-0.2, 0) is 4.74 Å². The second kappa shape index (κ2) is 10.0. The van der Waals surface area contributed by atoms with Crippen molar-refractivity contribution in [1.29, 1.82) is 0 Å². The summed E-state index contributed by atoms with van der Waals surface area (Å²) in [5.41, 5.74) is 10.2. The molecule has 3 aromatic heterocycles. The maximum absolute atomic E-state index is 10.0. The van der Waals surface area contributed by atoms with E-state index in [4.69, 9.17) is 20.2 Å². The van der Waals surface area contributed by atoms with E-state index in [1.54, 1.807) is 19.3 Å². The minimum atomic E-state index is -0.955. The van der Waals surface area contributed by atoms with Gasteiger partial charge in [-0.25, -0.2) is 15.0 Å². The molecule has 2 aliphatic heterocycles. The number of nitrogens with zero attached hydrogens (tertiary/aromatic N) is 7. The van der Waals surface area contributed by atoms with Gasteiger partial charge in [0.1, 0.15) is 23.0 Å². The zero-order chi connectivity index (χ0) is 26.2. The second-order valence-corrected chi connectivity index (χ2v) is 9.60. The van der Waals surface area contributed by atoms with Crippen LogP contribution in [0.4, 0.5) is 23.0 Å². The van der Waals surface area contributed by atoms with Crippen molar-refractivity contribution in [2.24, 2.45) is 0 Å². The predicted molar refractivity (Wildman–Crippen MR) is 144 cm³/mol. The number of hydrogen-bond acceptors (Lipinski definition) is 11. The maximum atomic E-state index is 10.0. The van der Waals surface area contributed by atoms with Gasteiger partial charge < -0.3 is 34.9 Å². The van der Waals surface area contributed by atoms with E-state index in [1.807, 2.05) is 41.9 Å². The molecule has 1 atom stereocenters. The molecule has 0 bridgehead atoms. The summed E-state index contributed by atoms with van der Waals surface area (Å²) in [4.78, 5) is 22.8. The molecule has 198 valence electrons. The number of hydrogen-bond donors (Lipinski definition) is 3. The number of ether oxygens (including phenoxy) is 2. The zero-order valence-electron chi connectivity index (χ0n) is 21.4. The Bertz CT molecular complexity index is 1450. The van der Waals surface area contributed by atoms with Gasteiger partial charge in [0, 0.05) is 56.5 Å². The van der Waals surface area contributed by atoms with Crippen LogP contribution in [0.2, 0.25) is 0 Å². The molecule has 2 saturated heterocycles. The summed E-state index contributed by atoms with van der Waals surface area (Å²) < 4.78 is 13.1. The van der Waals surface area contributed by atoms with E-state index in [9.17, 15) is 5.11 Å². The zero-order valence-corrected chi connectivity index (χ0v) is 21.4. The predicted octanol–water partition coefficient (Wildman–Crippen LogP) is 2.06. The molecule has 1 unspecified atom stereocenters. The Balaban J connectivity index is 1.29. The van der Waals surface area contributed by atoms with E-state index in [-0.39, 0.29) is 0 Å². The van der Waals surface area contributed by atoms with Crippen LogP contribution in [0.25, 0.3) is 17.0 Å². The third kappa shape index (κ3) is 4.80. The van der Waals surface area contributed by atoms with Crippen LogP contribution in [0.1, 0.15) is 12.6 Å². The van der Waals surface area contributed by atoms with Crippen LogP contribution >= 0.6 is 0 Å². The molecule has 6 rings (SSSR count).